The summed E-state index contributed by atoms with van der Waals surface area (Å²) in [4.78, 5) is 30.9. The molecule has 10 heteroatoms. The number of carbonyl (C=O) groups excluding carboxylic acids is 2. The van der Waals surface area contributed by atoms with Gasteiger partial charge in [-0.3, -0.25) is 14.6 Å². The number of sulfonamides is 1. The minimum atomic E-state index is -4.15. The predicted octanol–water partition coefficient (Wildman–Crippen LogP) is 3.47. The van der Waals surface area contributed by atoms with Crippen molar-refractivity contribution >= 4 is 39.1 Å². The summed E-state index contributed by atoms with van der Waals surface area (Å²) in [5, 5.41) is 8.63. The molecule has 0 unspecified atom stereocenters. The lowest BCUT2D eigenvalue weighted by Gasteiger charge is -2.16. The summed E-state index contributed by atoms with van der Waals surface area (Å²) in [7, 11) is -4.15. The van der Waals surface area contributed by atoms with Crippen LogP contribution >= 0.6 is 11.6 Å². The molecule has 1 aliphatic rings. The highest BCUT2D eigenvalue weighted by atomic mass is 35.5. The highest BCUT2D eigenvalue weighted by Crippen LogP contribution is 2.30. The average molecular weight is 499 g/mol. The second kappa shape index (κ2) is 9.92. The van der Waals surface area contributed by atoms with Crippen molar-refractivity contribution in [1.29, 1.82) is 0 Å². The molecule has 176 valence electrons. The molecule has 0 atom stereocenters. The van der Waals surface area contributed by atoms with Crippen LogP contribution in [0.15, 0.2) is 65.8 Å². The monoisotopic (exact) mass is 498 g/mol. The number of halogens is 1. The number of benzene rings is 2. The van der Waals surface area contributed by atoms with Crippen LogP contribution in [0, 0.1) is 0 Å². The predicted molar refractivity (Wildman–Crippen MR) is 130 cm³/mol. The third kappa shape index (κ3) is 5.44. The van der Waals surface area contributed by atoms with Gasteiger partial charge < -0.3 is 10.2 Å². The Balaban J connectivity index is 1.62. The fraction of sp³-hybridized carbons (Fsp3) is 0.208. The lowest BCUT2D eigenvalue weighted by molar-refractivity contribution is -0.115. The van der Waals surface area contributed by atoms with Crippen LogP contribution in [0.5, 0.6) is 0 Å². The Bertz CT molecular complexity index is 1350. The Morgan fingerprint density at radius 1 is 1.06 bits per heavy atom. The van der Waals surface area contributed by atoms with Crippen molar-refractivity contribution in [2.75, 3.05) is 18.4 Å². The number of nitrogens with two attached hydrogens (primary N) is 1. The Morgan fingerprint density at radius 3 is 2.50 bits per heavy atom. The second-order valence-electron chi connectivity index (χ2n) is 8.03. The fourth-order valence-electron chi connectivity index (χ4n) is 3.90. The SMILES string of the molecule is NS(=O)(=O)c1cc(NC(=O)Cc2ccccc2Cl)ccc1-c1cncc(C(=O)N2CCCC2)c1. The topological polar surface area (TPSA) is 122 Å². The zero-order valence-corrected chi connectivity index (χ0v) is 19.8. The molecule has 4 rings (SSSR count). The van der Waals surface area contributed by atoms with E-state index in [-0.39, 0.29) is 34.4 Å². The number of nitrogens with zero attached hydrogens (tertiary/aromatic N) is 2. The maximum atomic E-state index is 12.7. The number of nitrogens with one attached hydrogen (secondary N) is 1. The summed E-state index contributed by atoms with van der Waals surface area (Å²) < 4.78 is 24.8. The number of amides is 2. The number of anilines is 1. The lowest BCUT2D eigenvalue weighted by atomic mass is 10.0. The van der Waals surface area contributed by atoms with E-state index in [0.717, 1.165) is 12.8 Å². The molecule has 0 saturated carbocycles. The van der Waals surface area contributed by atoms with Gasteiger partial charge in [0.15, 0.2) is 0 Å². The first kappa shape index (κ1) is 23.9. The first-order chi connectivity index (χ1) is 16.2. The van der Waals surface area contributed by atoms with E-state index in [4.69, 9.17) is 16.7 Å². The third-order valence-corrected chi connectivity index (χ3v) is 6.89. The van der Waals surface area contributed by atoms with Gasteiger partial charge in [-0.05, 0) is 42.7 Å². The standard InChI is InChI=1S/C24H23ClN4O4S/c25-21-6-2-1-5-16(21)12-23(30)28-19-7-8-20(22(13-19)34(26,32)33)17-11-18(15-27-14-17)24(31)29-9-3-4-10-29/h1-2,5-8,11,13-15H,3-4,9-10,12H2,(H,28,30)(H2,26,32,33). The van der Waals surface area contributed by atoms with Crippen molar-refractivity contribution < 1.29 is 18.0 Å². The van der Waals surface area contributed by atoms with Crippen LogP contribution in [0.2, 0.25) is 5.02 Å². The number of carbonyl (C=O) groups is 2. The van der Waals surface area contributed by atoms with Crippen molar-refractivity contribution in [3.05, 3.63) is 77.1 Å². The summed E-state index contributed by atoms with van der Waals surface area (Å²) >= 11 is 6.11. The number of hydrogen-bond donors (Lipinski definition) is 2. The first-order valence-electron chi connectivity index (χ1n) is 10.7. The maximum Gasteiger partial charge on any atom is 0.255 e. The van der Waals surface area contributed by atoms with Gasteiger partial charge in [-0.1, -0.05) is 35.9 Å². The molecule has 3 N–H and O–H groups in total. The number of pyridine rings is 1. The molecule has 2 aromatic carbocycles. The number of aromatic nitrogens is 1. The molecule has 1 fully saturated rings. The Hall–Kier alpha value is -3.27. The van der Waals surface area contributed by atoms with Crippen molar-refractivity contribution in [1.82, 2.24) is 9.88 Å². The van der Waals surface area contributed by atoms with Gasteiger partial charge >= 0.3 is 0 Å². The highest BCUT2D eigenvalue weighted by molar-refractivity contribution is 7.89. The van der Waals surface area contributed by atoms with E-state index >= 15 is 0 Å². The molecular formula is C24H23ClN4O4S. The van der Waals surface area contributed by atoms with Crippen molar-refractivity contribution in [3.8, 4) is 11.1 Å². The second-order valence-corrected chi connectivity index (χ2v) is 9.97. The van der Waals surface area contributed by atoms with E-state index in [1.165, 1.54) is 24.5 Å². The third-order valence-electron chi connectivity index (χ3n) is 5.57. The van der Waals surface area contributed by atoms with Crippen LogP contribution in [-0.4, -0.2) is 43.2 Å². The minimum absolute atomic E-state index is 0.0245. The summed E-state index contributed by atoms with van der Waals surface area (Å²) in [5.74, 6) is -0.506. The van der Waals surface area contributed by atoms with Crippen molar-refractivity contribution in [2.45, 2.75) is 24.2 Å². The summed E-state index contributed by atoms with van der Waals surface area (Å²) in [6.45, 7) is 1.38. The molecule has 8 nitrogen and oxygen atoms in total. The van der Waals surface area contributed by atoms with E-state index in [9.17, 15) is 18.0 Å². The Kier molecular flexibility index (Phi) is 6.97. The van der Waals surface area contributed by atoms with E-state index in [2.05, 4.69) is 10.3 Å². The molecule has 2 heterocycles. The molecule has 1 saturated heterocycles. The van der Waals surface area contributed by atoms with Gasteiger partial charge in [0, 0.05) is 47.3 Å². The molecule has 0 spiro atoms. The lowest BCUT2D eigenvalue weighted by Crippen LogP contribution is -2.27. The van der Waals surface area contributed by atoms with Gasteiger partial charge in [-0.2, -0.15) is 0 Å². The Morgan fingerprint density at radius 2 is 1.79 bits per heavy atom. The zero-order chi connectivity index (χ0) is 24.3. The number of rotatable bonds is 6. The molecule has 34 heavy (non-hydrogen) atoms. The quantitative estimate of drug-likeness (QED) is 0.538. The van der Waals surface area contributed by atoms with Gasteiger partial charge in [0.25, 0.3) is 5.91 Å². The van der Waals surface area contributed by atoms with E-state index < -0.39 is 10.0 Å². The molecular weight excluding hydrogens is 476 g/mol. The van der Waals surface area contributed by atoms with Crippen LogP contribution in [0.4, 0.5) is 5.69 Å². The minimum Gasteiger partial charge on any atom is -0.339 e. The van der Waals surface area contributed by atoms with Crippen LogP contribution in [0.25, 0.3) is 11.1 Å². The van der Waals surface area contributed by atoms with Crippen molar-refractivity contribution in [2.24, 2.45) is 5.14 Å². The molecule has 3 aromatic rings. The number of likely N-dealkylation sites (tertiary alicyclic amines) is 1. The van der Waals surface area contributed by atoms with E-state index in [1.807, 2.05) is 0 Å². The molecule has 2 amide bonds. The molecule has 0 aliphatic carbocycles. The van der Waals surface area contributed by atoms with Gasteiger partial charge in [0.1, 0.15) is 0 Å². The van der Waals surface area contributed by atoms with Crippen LogP contribution < -0.4 is 10.5 Å². The largest absolute Gasteiger partial charge is 0.339 e. The zero-order valence-electron chi connectivity index (χ0n) is 18.2. The summed E-state index contributed by atoms with van der Waals surface area (Å²) in [6.07, 6.45) is 4.87. The summed E-state index contributed by atoms with van der Waals surface area (Å²) in [6, 6.07) is 13.0. The van der Waals surface area contributed by atoms with Gasteiger partial charge in [-0.15, -0.1) is 0 Å². The van der Waals surface area contributed by atoms with Crippen LogP contribution in [-0.2, 0) is 21.2 Å². The highest BCUT2D eigenvalue weighted by Gasteiger charge is 2.22. The number of hydrogen-bond acceptors (Lipinski definition) is 5. The van der Waals surface area contributed by atoms with Gasteiger partial charge in [0.05, 0.1) is 16.9 Å². The smallest absolute Gasteiger partial charge is 0.255 e. The summed E-state index contributed by atoms with van der Waals surface area (Å²) in [5.41, 5.74) is 2.01. The van der Waals surface area contributed by atoms with Gasteiger partial charge in [0.2, 0.25) is 15.9 Å². The molecule has 1 aliphatic heterocycles. The van der Waals surface area contributed by atoms with E-state index in [1.54, 1.807) is 41.3 Å². The molecule has 0 bridgehead atoms. The first-order valence-corrected chi connectivity index (χ1v) is 12.6. The van der Waals surface area contributed by atoms with Crippen molar-refractivity contribution in [3.63, 3.8) is 0 Å². The van der Waals surface area contributed by atoms with E-state index in [0.29, 0.717) is 34.8 Å². The fourth-order valence-corrected chi connectivity index (χ4v) is 4.89. The maximum absolute atomic E-state index is 12.7. The Labute approximate surface area is 202 Å². The average Bonchev–Trinajstić information content (AvgIpc) is 3.34. The number of primary sulfonamides is 1. The van der Waals surface area contributed by atoms with Gasteiger partial charge in [-0.25, -0.2) is 13.6 Å². The van der Waals surface area contributed by atoms with Crippen LogP contribution in [0.3, 0.4) is 0 Å². The normalized spacial score (nSPS) is 13.6. The molecule has 0 radical (unpaired) electrons. The van der Waals surface area contributed by atoms with Crippen LogP contribution in [0.1, 0.15) is 28.8 Å². The molecule has 1 aromatic heterocycles.